The number of aromatic hydroxyl groups is 5. The van der Waals surface area contributed by atoms with Crippen molar-refractivity contribution in [2.24, 2.45) is 5.92 Å². The zero-order valence-corrected chi connectivity index (χ0v) is 18.4. The second kappa shape index (κ2) is 9.13. The molecular weight excluding hydrogens is 468 g/mol. The van der Waals surface area contributed by atoms with Gasteiger partial charge in [-0.3, -0.25) is 9.59 Å². The number of esters is 1. The first-order chi connectivity index (χ1) is 16.5. The molecule has 12 heteroatoms. The normalized spacial score (nSPS) is 28.1. The number of benzene rings is 2. The molecule has 4 atom stereocenters. The minimum absolute atomic E-state index is 0.0689. The van der Waals surface area contributed by atoms with E-state index in [0.29, 0.717) is 0 Å². The number of aliphatic hydroxyl groups excluding tert-OH is 2. The van der Waals surface area contributed by atoms with Crippen molar-refractivity contribution < 1.29 is 59.5 Å². The highest BCUT2D eigenvalue weighted by molar-refractivity contribution is 6.06. The molecule has 2 aromatic carbocycles. The minimum Gasteiger partial charge on any atom is -0.508 e. The Morgan fingerprint density at radius 1 is 0.943 bits per heavy atom. The predicted octanol–water partition coefficient (Wildman–Crippen LogP) is 0.590. The SMILES string of the molecule is COC1C(O)CC(C(=O)OC2C(=O)c3c(O)cc(O)cc3OC2c2cc(O)c(O)c(O)c2)CC1O. The molecule has 1 aliphatic heterocycles. The number of carbonyl (C=O) groups is 2. The summed E-state index contributed by atoms with van der Waals surface area (Å²) in [6, 6.07) is 3.92. The number of fused-ring (bicyclic) bond motifs is 1. The average Bonchev–Trinajstić information content (AvgIpc) is 2.77. The zero-order valence-electron chi connectivity index (χ0n) is 18.4. The lowest BCUT2D eigenvalue weighted by Crippen LogP contribution is -2.48. The molecule has 2 aliphatic rings. The second-order valence-corrected chi connectivity index (χ2v) is 8.51. The lowest BCUT2D eigenvalue weighted by molar-refractivity contribution is -0.168. The van der Waals surface area contributed by atoms with Crippen molar-refractivity contribution in [3.63, 3.8) is 0 Å². The molecule has 35 heavy (non-hydrogen) atoms. The number of phenols is 5. The molecule has 0 saturated heterocycles. The third-order valence-corrected chi connectivity index (χ3v) is 6.18. The predicted molar refractivity (Wildman–Crippen MR) is 114 cm³/mol. The molecular formula is C23H24O12. The van der Waals surface area contributed by atoms with Gasteiger partial charge in [-0.25, -0.2) is 0 Å². The molecule has 188 valence electrons. The molecule has 4 unspecified atom stereocenters. The summed E-state index contributed by atoms with van der Waals surface area (Å²) < 4.78 is 16.2. The van der Waals surface area contributed by atoms with Gasteiger partial charge in [0, 0.05) is 24.8 Å². The van der Waals surface area contributed by atoms with Gasteiger partial charge in [0.25, 0.3) is 0 Å². The third-order valence-electron chi connectivity index (χ3n) is 6.18. The fourth-order valence-electron chi connectivity index (χ4n) is 4.49. The van der Waals surface area contributed by atoms with Gasteiger partial charge in [-0.15, -0.1) is 0 Å². The van der Waals surface area contributed by atoms with Crippen LogP contribution in [0.2, 0.25) is 0 Å². The van der Waals surface area contributed by atoms with Gasteiger partial charge in [-0.2, -0.15) is 0 Å². The first-order valence-corrected chi connectivity index (χ1v) is 10.6. The molecule has 1 saturated carbocycles. The van der Waals surface area contributed by atoms with Crippen molar-refractivity contribution in [3.8, 4) is 34.5 Å². The minimum atomic E-state index is -1.73. The van der Waals surface area contributed by atoms with Gasteiger partial charge in [0.1, 0.15) is 28.9 Å². The molecule has 1 fully saturated rings. The summed E-state index contributed by atoms with van der Waals surface area (Å²) in [5.74, 6) is -6.45. The van der Waals surface area contributed by atoms with Gasteiger partial charge in [0.2, 0.25) is 11.9 Å². The number of Topliss-reactive ketones (excluding diaryl/α,β-unsaturated/α-hetero) is 1. The number of phenolic OH excluding ortho intramolecular Hbond substituents is 5. The van der Waals surface area contributed by atoms with Crippen LogP contribution in [0, 0.1) is 5.92 Å². The van der Waals surface area contributed by atoms with Crippen molar-refractivity contribution in [2.75, 3.05) is 7.11 Å². The maximum Gasteiger partial charge on any atom is 0.310 e. The van der Waals surface area contributed by atoms with E-state index >= 15 is 0 Å². The van der Waals surface area contributed by atoms with Gasteiger partial charge in [-0.1, -0.05) is 0 Å². The number of hydrogen-bond acceptors (Lipinski definition) is 12. The quantitative estimate of drug-likeness (QED) is 0.231. The lowest BCUT2D eigenvalue weighted by atomic mass is 9.83. The van der Waals surface area contributed by atoms with Crippen molar-refractivity contribution in [3.05, 3.63) is 35.4 Å². The highest BCUT2D eigenvalue weighted by Gasteiger charge is 2.46. The Morgan fingerprint density at radius 3 is 2.11 bits per heavy atom. The lowest BCUT2D eigenvalue weighted by Gasteiger charge is -2.37. The average molecular weight is 492 g/mol. The first-order valence-electron chi connectivity index (χ1n) is 10.6. The summed E-state index contributed by atoms with van der Waals surface area (Å²) in [5, 5.41) is 70.0. The first kappa shape index (κ1) is 24.4. The summed E-state index contributed by atoms with van der Waals surface area (Å²) in [7, 11) is 1.31. The molecule has 0 bridgehead atoms. The maximum absolute atomic E-state index is 13.3. The standard InChI is InChI=1S/C23H24O12/c1-33-21-14(28)4-9(5-15(21)29)23(32)35-22-19(31)17-11(25)6-10(24)7-16(17)34-20(22)8-2-12(26)18(30)13(27)3-8/h2-3,6-7,9,14-15,20-22,24-30H,4-5H2,1H3. The van der Waals surface area contributed by atoms with Crippen LogP contribution >= 0.6 is 0 Å². The van der Waals surface area contributed by atoms with Crippen LogP contribution in [0.5, 0.6) is 34.5 Å². The summed E-state index contributed by atoms with van der Waals surface area (Å²) >= 11 is 0. The van der Waals surface area contributed by atoms with E-state index in [9.17, 15) is 45.3 Å². The second-order valence-electron chi connectivity index (χ2n) is 8.51. The van der Waals surface area contributed by atoms with Crippen LogP contribution in [-0.4, -0.2) is 79.0 Å². The number of aliphatic hydroxyl groups is 2. The summed E-state index contributed by atoms with van der Waals surface area (Å²) in [5.41, 5.74) is -0.437. The summed E-state index contributed by atoms with van der Waals surface area (Å²) in [6.45, 7) is 0. The van der Waals surface area contributed by atoms with Crippen LogP contribution in [-0.2, 0) is 14.3 Å². The van der Waals surface area contributed by atoms with Crippen LogP contribution < -0.4 is 4.74 Å². The van der Waals surface area contributed by atoms with E-state index < -0.39 is 76.9 Å². The molecule has 0 radical (unpaired) electrons. The molecule has 2 aromatic rings. The number of carbonyl (C=O) groups excluding carboxylic acids is 2. The number of rotatable bonds is 4. The molecule has 4 rings (SSSR count). The van der Waals surface area contributed by atoms with E-state index in [-0.39, 0.29) is 29.7 Å². The Hall–Kier alpha value is -3.74. The number of ketones is 1. The number of hydrogen-bond donors (Lipinski definition) is 7. The van der Waals surface area contributed by atoms with Crippen LogP contribution in [0.1, 0.15) is 34.9 Å². The highest BCUT2D eigenvalue weighted by atomic mass is 16.6. The fourth-order valence-corrected chi connectivity index (χ4v) is 4.49. The maximum atomic E-state index is 13.3. The van der Waals surface area contributed by atoms with Crippen molar-refractivity contribution in [1.82, 2.24) is 0 Å². The third kappa shape index (κ3) is 4.38. The molecule has 0 amide bonds. The Balaban J connectivity index is 1.70. The Morgan fingerprint density at radius 2 is 1.54 bits per heavy atom. The molecule has 1 aliphatic carbocycles. The molecule has 0 aromatic heterocycles. The molecule has 1 heterocycles. The fraction of sp³-hybridized carbons (Fsp3) is 0.391. The monoisotopic (exact) mass is 492 g/mol. The van der Waals surface area contributed by atoms with E-state index in [2.05, 4.69) is 0 Å². The Kier molecular flexibility index (Phi) is 6.36. The van der Waals surface area contributed by atoms with Crippen molar-refractivity contribution in [1.29, 1.82) is 0 Å². The van der Waals surface area contributed by atoms with Crippen LogP contribution in [0.3, 0.4) is 0 Å². The van der Waals surface area contributed by atoms with E-state index in [0.717, 1.165) is 24.3 Å². The summed E-state index contributed by atoms with van der Waals surface area (Å²) in [6.07, 6.45) is -6.67. The highest BCUT2D eigenvalue weighted by Crippen LogP contribution is 2.46. The van der Waals surface area contributed by atoms with Crippen molar-refractivity contribution in [2.45, 2.75) is 43.4 Å². The van der Waals surface area contributed by atoms with E-state index in [1.54, 1.807) is 0 Å². The van der Waals surface area contributed by atoms with Crippen LogP contribution in [0.25, 0.3) is 0 Å². The molecule has 0 spiro atoms. The topological polar surface area (TPSA) is 203 Å². The van der Waals surface area contributed by atoms with Gasteiger partial charge < -0.3 is 50.0 Å². The molecule has 12 nitrogen and oxygen atoms in total. The number of methoxy groups -OCH3 is 1. The zero-order chi connectivity index (χ0) is 25.6. The van der Waals surface area contributed by atoms with Gasteiger partial charge >= 0.3 is 5.97 Å². The van der Waals surface area contributed by atoms with Gasteiger partial charge in [0.15, 0.2) is 23.4 Å². The van der Waals surface area contributed by atoms with Crippen LogP contribution in [0.4, 0.5) is 0 Å². The Bertz CT molecular complexity index is 1130. The van der Waals surface area contributed by atoms with Crippen molar-refractivity contribution >= 4 is 11.8 Å². The Labute approximate surface area is 198 Å². The van der Waals surface area contributed by atoms with E-state index in [1.165, 1.54) is 7.11 Å². The smallest absolute Gasteiger partial charge is 0.310 e. The van der Waals surface area contributed by atoms with E-state index in [1.807, 2.05) is 0 Å². The van der Waals surface area contributed by atoms with Gasteiger partial charge in [-0.05, 0) is 25.0 Å². The largest absolute Gasteiger partial charge is 0.508 e. The van der Waals surface area contributed by atoms with Gasteiger partial charge in [0.05, 0.1) is 18.1 Å². The number of ether oxygens (including phenoxy) is 3. The molecule has 7 N–H and O–H groups in total. The summed E-state index contributed by atoms with van der Waals surface area (Å²) in [4.78, 5) is 26.3. The van der Waals surface area contributed by atoms with E-state index in [4.69, 9.17) is 14.2 Å². The van der Waals surface area contributed by atoms with Crippen LogP contribution in [0.15, 0.2) is 24.3 Å².